The second-order valence-electron chi connectivity index (χ2n) is 5.27. The first-order chi connectivity index (χ1) is 9.20. The van der Waals surface area contributed by atoms with Crippen LogP contribution >= 0.6 is 0 Å². The van der Waals surface area contributed by atoms with Gasteiger partial charge < -0.3 is 15.0 Å². The van der Waals surface area contributed by atoms with Gasteiger partial charge in [-0.2, -0.15) is 0 Å². The number of nitrogens with one attached hydrogen (secondary N) is 1. The van der Waals surface area contributed by atoms with Gasteiger partial charge in [0.05, 0.1) is 6.61 Å². The monoisotopic (exact) mass is 266 g/mol. The Morgan fingerprint density at radius 2 is 2.21 bits per heavy atom. The predicted molar refractivity (Wildman–Crippen MR) is 76.0 cm³/mol. The van der Waals surface area contributed by atoms with E-state index >= 15 is 0 Å². The highest BCUT2D eigenvalue weighted by Crippen LogP contribution is 2.31. The van der Waals surface area contributed by atoms with E-state index in [2.05, 4.69) is 17.3 Å². The molecular formula is C15H23FN2O. The van der Waals surface area contributed by atoms with E-state index < -0.39 is 0 Å². The van der Waals surface area contributed by atoms with E-state index in [4.69, 9.17) is 4.74 Å². The molecule has 19 heavy (non-hydrogen) atoms. The van der Waals surface area contributed by atoms with E-state index in [0.29, 0.717) is 13.2 Å². The molecule has 1 N–H and O–H groups in total. The summed E-state index contributed by atoms with van der Waals surface area (Å²) in [5, 5.41) is 3.28. The summed E-state index contributed by atoms with van der Waals surface area (Å²) in [6.07, 6.45) is 2.65. The molecule has 1 fully saturated rings. The average molecular weight is 266 g/mol. The maximum absolute atomic E-state index is 13.4. The Kier molecular flexibility index (Phi) is 5.16. The van der Waals surface area contributed by atoms with Crippen molar-refractivity contribution in [2.75, 3.05) is 38.8 Å². The van der Waals surface area contributed by atoms with Crippen molar-refractivity contribution in [3.63, 3.8) is 0 Å². The molecule has 0 atom stereocenters. The molecule has 0 saturated heterocycles. The summed E-state index contributed by atoms with van der Waals surface area (Å²) < 4.78 is 18.4. The van der Waals surface area contributed by atoms with Crippen molar-refractivity contribution >= 4 is 5.69 Å². The quantitative estimate of drug-likeness (QED) is 0.731. The Balaban J connectivity index is 1.98. The van der Waals surface area contributed by atoms with E-state index in [1.54, 1.807) is 13.2 Å². The molecule has 0 amide bonds. The standard InChI is InChI=1S/C15H23FN2O/c1-18(11-12-3-4-12)15-6-5-14(16)9-13(15)10-17-7-8-19-2/h5-6,9,12,17H,3-4,7-8,10-11H2,1-2H3. The van der Waals surface area contributed by atoms with Crippen LogP contribution in [0.3, 0.4) is 0 Å². The van der Waals surface area contributed by atoms with Crippen molar-refractivity contribution in [3.8, 4) is 0 Å². The number of ether oxygens (including phenoxy) is 1. The Labute approximate surface area is 114 Å². The Morgan fingerprint density at radius 1 is 1.42 bits per heavy atom. The number of benzene rings is 1. The maximum atomic E-state index is 13.4. The minimum absolute atomic E-state index is 0.174. The minimum Gasteiger partial charge on any atom is -0.383 e. The van der Waals surface area contributed by atoms with Gasteiger partial charge >= 0.3 is 0 Å². The highest BCUT2D eigenvalue weighted by molar-refractivity contribution is 5.53. The van der Waals surface area contributed by atoms with Crippen LogP contribution in [-0.2, 0) is 11.3 Å². The van der Waals surface area contributed by atoms with E-state index in [1.807, 2.05) is 6.07 Å². The van der Waals surface area contributed by atoms with E-state index in [1.165, 1.54) is 18.9 Å². The summed E-state index contributed by atoms with van der Waals surface area (Å²) >= 11 is 0. The van der Waals surface area contributed by atoms with Gasteiger partial charge in [-0.05, 0) is 42.5 Å². The maximum Gasteiger partial charge on any atom is 0.123 e. The number of nitrogens with zero attached hydrogens (tertiary/aromatic N) is 1. The van der Waals surface area contributed by atoms with Crippen LogP contribution in [0, 0.1) is 11.7 Å². The Hall–Kier alpha value is -1.13. The molecule has 0 spiro atoms. The Bertz CT molecular complexity index is 407. The molecule has 0 aromatic heterocycles. The molecule has 3 nitrogen and oxygen atoms in total. The zero-order valence-corrected chi connectivity index (χ0v) is 11.8. The molecule has 1 aliphatic rings. The third kappa shape index (κ3) is 4.48. The van der Waals surface area contributed by atoms with E-state index in [0.717, 1.165) is 30.3 Å². The molecule has 1 aromatic rings. The first kappa shape index (κ1) is 14.3. The molecule has 4 heteroatoms. The van der Waals surface area contributed by atoms with Crippen LogP contribution < -0.4 is 10.2 Å². The van der Waals surface area contributed by atoms with Crippen molar-refractivity contribution < 1.29 is 9.13 Å². The molecule has 1 saturated carbocycles. The highest BCUT2D eigenvalue weighted by Gasteiger charge is 2.23. The van der Waals surface area contributed by atoms with Crippen LogP contribution in [0.15, 0.2) is 18.2 Å². The lowest BCUT2D eigenvalue weighted by Gasteiger charge is -2.22. The molecule has 1 aromatic carbocycles. The molecule has 0 unspecified atom stereocenters. The minimum atomic E-state index is -0.174. The van der Waals surface area contributed by atoms with Gasteiger partial charge in [0.1, 0.15) is 5.82 Å². The van der Waals surface area contributed by atoms with Gasteiger partial charge in [-0.15, -0.1) is 0 Å². The van der Waals surface area contributed by atoms with E-state index in [9.17, 15) is 4.39 Å². The van der Waals surface area contributed by atoms with Gasteiger partial charge in [0.15, 0.2) is 0 Å². The van der Waals surface area contributed by atoms with Gasteiger partial charge in [0.2, 0.25) is 0 Å². The van der Waals surface area contributed by atoms with Crippen molar-refractivity contribution in [2.45, 2.75) is 19.4 Å². The van der Waals surface area contributed by atoms with Crippen molar-refractivity contribution in [1.29, 1.82) is 0 Å². The largest absolute Gasteiger partial charge is 0.383 e. The molecule has 0 bridgehead atoms. The normalized spacial score (nSPS) is 14.7. The summed E-state index contributed by atoms with van der Waals surface area (Å²) in [6.45, 7) is 3.18. The molecular weight excluding hydrogens is 243 g/mol. The first-order valence-corrected chi connectivity index (χ1v) is 6.90. The second kappa shape index (κ2) is 6.87. The fourth-order valence-electron chi connectivity index (χ4n) is 2.25. The molecule has 1 aliphatic carbocycles. The van der Waals surface area contributed by atoms with Gasteiger partial charge in [-0.1, -0.05) is 0 Å². The summed E-state index contributed by atoms with van der Waals surface area (Å²) in [5.74, 6) is 0.650. The zero-order valence-electron chi connectivity index (χ0n) is 11.8. The topological polar surface area (TPSA) is 24.5 Å². The molecule has 2 rings (SSSR count). The van der Waals surface area contributed by atoms with E-state index in [-0.39, 0.29) is 5.82 Å². The van der Waals surface area contributed by atoms with Crippen molar-refractivity contribution in [2.24, 2.45) is 5.92 Å². The average Bonchev–Trinajstić information content (AvgIpc) is 3.18. The molecule has 0 aliphatic heterocycles. The van der Waals surface area contributed by atoms with Crippen molar-refractivity contribution in [1.82, 2.24) is 5.32 Å². The summed E-state index contributed by atoms with van der Waals surface area (Å²) in [4.78, 5) is 2.24. The number of halogens is 1. The van der Waals surface area contributed by atoms with Gasteiger partial charge in [0.25, 0.3) is 0 Å². The number of anilines is 1. The zero-order chi connectivity index (χ0) is 13.7. The first-order valence-electron chi connectivity index (χ1n) is 6.90. The second-order valence-corrected chi connectivity index (χ2v) is 5.27. The summed E-state index contributed by atoms with van der Waals surface area (Å²) in [7, 11) is 3.77. The van der Waals surface area contributed by atoms with Gasteiger partial charge in [0, 0.05) is 39.5 Å². The molecule has 0 heterocycles. The SMILES string of the molecule is COCCNCc1cc(F)ccc1N(C)CC1CC1. The number of hydrogen-bond acceptors (Lipinski definition) is 3. The van der Waals surface area contributed by atoms with Crippen LogP contribution in [0.2, 0.25) is 0 Å². The van der Waals surface area contributed by atoms with Gasteiger partial charge in [-0.3, -0.25) is 0 Å². The van der Waals surface area contributed by atoms with Crippen LogP contribution in [0.5, 0.6) is 0 Å². The van der Waals surface area contributed by atoms with Crippen LogP contribution in [0.4, 0.5) is 10.1 Å². The lowest BCUT2D eigenvalue weighted by molar-refractivity contribution is 0.199. The smallest absolute Gasteiger partial charge is 0.123 e. The molecule has 0 radical (unpaired) electrons. The fourth-order valence-corrected chi connectivity index (χ4v) is 2.25. The number of methoxy groups -OCH3 is 1. The van der Waals surface area contributed by atoms with Crippen molar-refractivity contribution in [3.05, 3.63) is 29.6 Å². The lowest BCUT2D eigenvalue weighted by atomic mass is 10.1. The predicted octanol–water partition coefficient (Wildman–Crippen LogP) is 2.41. The fraction of sp³-hybridized carbons (Fsp3) is 0.600. The Morgan fingerprint density at radius 3 is 2.89 bits per heavy atom. The summed E-state index contributed by atoms with van der Waals surface area (Å²) in [6, 6.07) is 5.04. The summed E-state index contributed by atoms with van der Waals surface area (Å²) in [5.41, 5.74) is 2.14. The van der Waals surface area contributed by atoms with Crippen LogP contribution in [0.1, 0.15) is 18.4 Å². The van der Waals surface area contributed by atoms with Gasteiger partial charge in [-0.25, -0.2) is 4.39 Å². The lowest BCUT2D eigenvalue weighted by Crippen LogP contribution is -2.24. The number of hydrogen-bond donors (Lipinski definition) is 1. The van der Waals surface area contributed by atoms with Crippen LogP contribution in [0.25, 0.3) is 0 Å². The number of rotatable bonds is 8. The third-order valence-electron chi connectivity index (χ3n) is 3.48. The third-order valence-corrected chi connectivity index (χ3v) is 3.48. The molecule has 106 valence electrons. The highest BCUT2D eigenvalue weighted by atomic mass is 19.1. The van der Waals surface area contributed by atoms with Crippen LogP contribution in [-0.4, -0.2) is 33.9 Å².